The number of anilines is 1. The van der Waals surface area contributed by atoms with Crippen molar-refractivity contribution in [2.24, 2.45) is 0 Å². The molecule has 4 nitrogen and oxygen atoms in total. The third-order valence-electron chi connectivity index (χ3n) is 4.33. The van der Waals surface area contributed by atoms with E-state index in [0.29, 0.717) is 9.23 Å². The number of thioether (sulfide) groups is 1. The second kappa shape index (κ2) is 8.99. The highest BCUT2D eigenvalue weighted by molar-refractivity contribution is 8.26. The zero-order valence-corrected chi connectivity index (χ0v) is 17.2. The Labute approximate surface area is 174 Å². The van der Waals surface area contributed by atoms with Crippen LogP contribution in [0.25, 0.3) is 6.08 Å². The molecule has 6 heteroatoms. The molecule has 1 aliphatic heterocycles. The van der Waals surface area contributed by atoms with Crippen LogP contribution >= 0.6 is 24.0 Å². The summed E-state index contributed by atoms with van der Waals surface area (Å²) in [7, 11) is 0. The molecule has 1 atom stereocenters. The van der Waals surface area contributed by atoms with Crippen molar-refractivity contribution in [2.75, 3.05) is 5.32 Å². The highest BCUT2D eigenvalue weighted by atomic mass is 32.2. The van der Waals surface area contributed by atoms with Gasteiger partial charge >= 0.3 is 0 Å². The number of nitrogens with zero attached hydrogens (tertiary/aromatic N) is 1. The summed E-state index contributed by atoms with van der Waals surface area (Å²) < 4.78 is 0.386. The molecule has 0 bridgehead atoms. The van der Waals surface area contributed by atoms with E-state index in [1.807, 2.05) is 73.7 Å². The quantitative estimate of drug-likeness (QED) is 0.571. The van der Waals surface area contributed by atoms with Crippen LogP contribution in [0.3, 0.4) is 0 Å². The van der Waals surface area contributed by atoms with Gasteiger partial charge in [0.2, 0.25) is 5.91 Å². The number of benzene rings is 2. The summed E-state index contributed by atoms with van der Waals surface area (Å²) in [5, 5.41) is 2.87. The maximum Gasteiger partial charge on any atom is 0.266 e. The maximum absolute atomic E-state index is 12.8. The molecule has 28 heavy (non-hydrogen) atoms. The van der Waals surface area contributed by atoms with Gasteiger partial charge in [0, 0.05) is 5.69 Å². The number of carbonyl (C=O) groups excluding carboxylic acids is 2. The van der Waals surface area contributed by atoms with Crippen LogP contribution in [0.15, 0.2) is 71.7 Å². The predicted molar refractivity (Wildman–Crippen MR) is 120 cm³/mol. The Hall–Kier alpha value is -2.70. The normalized spacial score (nSPS) is 16.8. The van der Waals surface area contributed by atoms with Crippen molar-refractivity contribution in [3.8, 4) is 0 Å². The minimum atomic E-state index is -0.698. The molecular formula is C22H20N2O2S2. The van der Waals surface area contributed by atoms with Crippen LogP contribution < -0.4 is 5.32 Å². The number of amides is 2. The Bertz CT molecular complexity index is 968. The molecular weight excluding hydrogens is 388 g/mol. The Balaban J connectivity index is 1.70. The lowest BCUT2D eigenvalue weighted by molar-refractivity contribution is -0.129. The van der Waals surface area contributed by atoms with Gasteiger partial charge in [0.05, 0.1) is 4.91 Å². The lowest BCUT2D eigenvalue weighted by Gasteiger charge is -2.22. The van der Waals surface area contributed by atoms with Gasteiger partial charge in [-0.05, 0) is 37.1 Å². The van der Waals surface area contributed by atoms with Crippen LogP contribution in [0.4, 0.5) is 5.69 Å². The second-order valence-corrected chi connectivity index (χ2v) is 8.00. The molecule has 2 aromatic rings. The van der Waals surface area contributed by atoms with Crippen molar-refractivity contribution in [3.63, 3.8) is 0 Å². The van der Waals surface area contributed by atoms with Crippen LogP contribution in [-0.2, 0) is 9.59 Å². The lowest BCUT2D eigenvalue weighted by Crippen LogP contribution is -2.44. The SMILES string of the molecule is Cc1ccccc1NC(=O)C(C)N1C(=O)/C(=C/C=C/c2ccccc2)SC1=S. The summed E-state index contributed by atoms with van der Waals surface area (Å²) in [6.45, 7) is 3.60. The molecule has 1 fully saturated rings. The van der Waals surface area contributed by atoms with Crippen molar-refractivity contribution < 1.29 is 9.59 Å². The first-order chi connectivity index (χ1) is 13.5. The predicted octanol–water partition coefficient (Wildman–Crippen LogP) is 4.78. The average Bonchev–Trinajstić information content (AvgIpc) is 2.97. The van der Waals surface area contributed by atoms with Gasteiger partial charge in [0.1, 0.15) is 10.4 Å². The second-order valence-electron chi connectivity index (χ2n) is 6.32. The molecule has 2 amide bonds. The van der Waals surface area contributed by atoms with E-state index in [1.165, 1.54) is 16.7 Å². The Morgan fingerprint density at radius 2 is 1.82 bits per heavy atom. The van der Waals surface area contributed by atoms with E-state index < -0.39 is 6.04 Å². The molecule has 1 heterocycles. The number of rotatable bonds is 5. The molecule has 1 unspecified atom stereocenters. The summed E-state index contributed by atoms with van der Waals surface area (Å²) in [5.74, 6) is -0.521. The number of para-hydroxylation sites is 1. The fraction of sp³-hybridized carbons (Fsp3) is 0.136. The van der Waals surface area contributed by atoms with Crippen LogP contribution in [0.1, 0.15) is 18.1 Å². The number of hydrogen-bond donors (Lipinski definition) is 1. The van der Waals surface area contributed by atoms with E-state index in [-0.39, 0.29) is 11.8 Å². The van der Waals surface area contributed by atoms with Crippen molar-refractivity contribution in [1.29, 1.82) is 0 Å². The van der Waals surface area contributed by atoms with E-state index in [4.69, 9.17) is 12.2 Å². The van der Waals surface area contributed by atoms with Crippen molar-refractivity contribution >= 4 is 51.9 Å². The van der Waals surface area contributed by atoms with Gasteiger partial charge in [-0.25, -0.2) is 0 Å². The summed E-state index contributed by atoms with van der Waals surface area (Å²) in [6.07, 6.45) is 5.47. The van der Waals surface area contributed by atoms with Gasteiger partial charge in [-0.1, -0.05) is 84.7 Å². The topological polar surface area (TPSA) is 49.4 Å². The molecule has 142 valence electrons. The highest BCUT2D eigenvalue weighted by Crippen LogP contribution is 2.33. The summed E-state index contributed by atoms with van der Waals surface area (Å²) in [6, 6.07) is 16.6. The van der Waals surface area contributed by atoms with Gasteiger partial charge in [-0.2, -0.15) is 0 Å². The molecule has 0 spiro atoms. The van der Waals surface area contributed by atoms with Gasteiger partial charge in [0.15, 0.2) is 0 Å². The molecule has 3 rings (SSSR count). The molecule has 0 radical (unpaired) electrons. The Morgan fingerprint density at radius 3 is 2.54 bits per heavy atom. The molecule has 0 aliphatic carbocycles. The maximum atomic E-state index is 12.8. The van der Waals surface area contributed by atoms with E-state index >= 15 is 0 Å². The first-order valence-electron chi connectivity index (χ1n) is 8.82. The zero-order chi connectivity index (χ0) is 20.1. The largest absolute Gasteiger partial charge is 0.324 e. The molecule has 0 aromatic heterocycles. The van der Waals surface area contributed by atoms with Crippen LogP contribution in [-0.4, -0.2) is 27.1 Å². The van der Waals surface area contributed by atoms with E-state index in [2.05, 4.69) is 5.32 Å². The van der Waals surface area contributed by atoms with Gasteiger partial charge in [0.25, 0.3) is 5.91 Å². The summed E-state index contributed by atoms with van der Waals surface area (Å²) >= 11 is 6.56. The lowest BCUT2D eigenvalue weighted by atomic mass is 10.2. The average molecular weight is 409 g/mol. The smallest absolute Gasteiger partial charge is 0.266 e. The minimum absolute atomic E-state index is 0.250. The summed E-state index contributed by atoms with van der Waals surface area (Å²) in [4.78, 5) is 27.3. The van der Waals surface area contributed by atoms with Gasteiger partial charge in [-0.3, -0.25) is 14.5 Å². The van der Waals surface area contributed by atoms with E-state index in [9.17, 15) is 9.59 Å². The van der Waals surface area contributed by atoms with E-state index in [0.717, 1.165) is 16.8 Å². The molecule has 2 aromatic carbocycles. The third-order valence-corrected chi connectivity index (χ3v) is 5.68. The first-order valence-corrected chi connectivity index (χ1v) is 10.0. The number of aryl methyl sites for hydroxylation is 1. The van der Waals surface area contributed by atoms with Crippen molar-refractivity contribution in [3.05, 3.63) is 82.8 Å². The zero-order valence-electron chi connectivity index (χ0n) is 15.6. The number of hydrogen-bond acceptors (Lipinski definition) is 4. The molecule has 1 aliphatic rings. The molecule has 0 saturated carbocycles. The fourth-order valence-corrected chi connectivity index (χ4v) is 4.08. The minimum Gasteiger partial charge on any atom is -0.324 e. The van der Waals surface area contributed by atoms with Crippen LogP contribution in [0.2, 0.25) is 0 Å². The van der Waals surface area contributed by atoms with Crippen LogP contribution in [0, 0.1) is 6.92 Å². The Kier molecular flexibility index (Phi) is 6.44. The number of nitrogens with one attached hydrogen (secondary N) is 1. The molecule has 1 saturated heterocycles. The summed E-state index contributed by atoms with van der Waals surface area (Å²) in [5.41, 5.74) is 2.73. The van der Waals surface area contributed by atoms with E-state index in [1.54, 1.807) is 13.0 Å². The van der Waals surface area contributed by atoms with Crippen molar-refractivity contribution in [2.45, 2.75) is 19.9 Å². The Morgan fingerprint density at radius 1 is 1.14 bits per heavy atom. The highest BCUT2D eigenvalue weighted by Gasteiger charge is 2.38. The fourth-order valence-electron chi connectivity index (χ4n) is 2.71. The van der Waals surface area contributed by atoms with Crippen molar-refractivity contribution in [1.82, 2.24) is 4.90 Å². The first kappa shape index (κ1) is 20.0. The number of thiocarbonyl (C=S) groups is 1. The monoisotopic (exact) mass is 408 g/mol. The standard InChI is InChI=1S/C22H20N2O2S2/c1-15-9-6-7-13-18(15)23-20(25)16(2)24-21(26)19(28-22(24)27)14-8-12-17-10-4-3-5-11-17/h3-14,16H,1-2H3,(H,23,25)/b12-8+,19-14-. The third kappa shape index (κ3) is 4.58. The molecule has 1 N–H and O–H groups in total. The number of carbonyl (C=O) groups is 2. The van der Waals surface area contributed by atoms with Gasteiger partial charge < -0.3 is 5.32 Å². The van der Waals surface area contributed by atoms with Gasteiger partial charge in [-0.15, -0.1) is 0 Å². The number of allylic oxidation sites excluding steroid dienone is 2. The van der Waals surface area contributed by atoms with Crippen LogP contribution in [0.5, 0.6) is 0 Å².